The predicted octanol–water partition coefficient (Wildman–Crippen LogP) is 3.86. The van der Waals surface area contributed by atoms with Gasteiger partial charge in [0.15, 0.2) is 0 Å². The number of allylic oxidation sites excluding steroid dienone is 2. The molecule has 132 valence electrons. The van der Waals surface area contributed by atoms with Crippen molar-refractivity contribution in [3.05, 3.63) is 64.0 Å². The van der Waals surface area contributed by atoms with E-state index in [9.17, 15) is 9.59 Å². The molecule has 6 heteroatoms. The maximum Gasteiger partial charge on any atom is 0.281 e. The Balaban J connectivity index is 1.71. The largest absolute Gasteiger partial charge is 0.281 e. The molecule has 0 bridgehead atoms. The molecule has 0 fully saturated rings. The van der Waals surface area contributed by atoms with Crippen LogP contribution in [0.4, 0.5) is 0 Å². The maximum atomic E-state index is 13.0. The van der Waals surface area contributed by atoms with Crippen molar-refractivity contribution in [1.29, 1.82) is 0 Å². The molecule has 5 nitrogen and oxygen atoms in total. The Kier molecular flexibility index (Phi) is 4.42. The summed E-state index contributed by atoms with van der Waals surface area (Å²) >= 11 is 1.50. The van der Waals surface area contributed by atoms with Crippen LogP contribution < -0.4 is 11.0 Å². The average molecular weight is 365 g/mol. The van der Waals surface area contributed by atoms with Crippen molar-refractivity contribution in [1.82, 2.24) is 9.66 Å². The standard InChI is InChI=1S/C20H19N3O2S/c1-13-17(15-9-3-2-4-10-15)18-19(26-13)21-12-23(20(18)25)22-16(24)11-14-7-5-6-8-14/h2-5,7,9-10,12,14H,6,8,11H2,1H3,(H,22,24). The fraction of sp³-hybridized carbons (Fsp3) is 0.250. The lowest BCUT2D eigenvalue weighted by Gasteiger charge is -2.10. The predicted molar refractivity (Wildman–Crippen MR) is 105 cm³/mol. The van der Waals surface area contributed by atoms with Gasteiger partial charge >= 0.3 is 0 Å². The fourth-order valence-electron chi connectivity index (χ4n) is 3.42. The second-order valence-electron chi connectivity index (χ2n) is 6.50. The summed E-state index contributed by atoms with van der Waals surface area (Å²) in [6.45, 7) is 1.99. The van der Waals surface area contributed by atoms with Crippen molar-refractivity contribution in [2.45, 2.75) is 26.2 Å². The Hall–Kier alpha value is -2.73. The molecule has 1 amide bonds. The molecule has 3 aromatic rings. The number of fused-ring (bicyclic) bond motifs is 1. The number of rotatable bonds is 4. The third-order valence-corrected chi connectivity index (χ3v) is 5.67. The van der Waals surface area contributed by atoms with Crippen molar-refractivity contribution in [3.8, 4) is 11.1 Å². The molecule has 0 saturated carbocycles. The lowest BCUT2D eigenvalue weighted by Crippen LogP contribution is -2.33. The summed E-state index contributed by atoms with van der Waals surface area (Å²) < 4.78 is 1.21. The summed E-state index contributed by atoms with van der Waals surface area (Å²) in [5, 5.41) is 0.558. The zero-order valence-corrected chi connectivity index (χ0v) is 15.3. The number of hydrogen-bond donors (Lipinski definition) is 1. The normalized spacial score (nSPS) is 16.3. The van der Waals surface area contributed by atoms with E-state index in [1.807, 2.05) is 37.3 Å². The minimum absolute atomic E-state index is 0.169. The van der Waals surface area contributed by atoms with Gasteiger partial charge in [-0.05, 0) is 31.2 Å². The number of nitrogens with one attached hydrogen (secondary N) is 1. The highest BCUT2D eigenvalue weighted by atomic mass is 32.1. The molecule has 0 saturated heterocycles. The van der Waals surface area contributed by atoms with Crippen LogP contribution in [0.5, 0.6) is 0 Å². The molecule has 0 aliphatic heterocycles. The number of thiophene rings is 1. The van der Waals surface area contributed by atoms with Crippen LogP contribution in [0.15, 0.2) is 53.6 Å². The van der Waals surface area contributed by atoms with Gasteiger partial charge in [-0.3, -0.25) is 15.0 Å². The number of aryl methyl sites for hydroxylation is 1. The first kappa shape index (κ1) is 16.7. The van der Waals surface area contributed by atoms with Gasteiger partial charge < -0.3 is 0 Å². The number of carbonyl (C=O) groups excluding carboxylic acids is 1. The van der Waals surface area contributed by atoms with E-state index in [0.29, 0.717) is 16.6 Å². The van der Waals surface area contributed by atoms with Gasteiger partial charge in [-0.25, -0.2) is 9.66 Å². The molecule has 0 radical (unpaired) electrons. The molecular weight excluding hydrogens is 346 g/mol. The first-order valence-electron chi connectivity index (χ1n) is 8.66. The Bertz CT molecular complexity index is 1050. The molecule has 1 aliphatic carbocycles. The van der Waals surface area contributed by atoms with E-state index in [1.54, 1.807) is 0 Å². The van der Waals surface area contributed by atoms with Crippen LogP contribution in [0.3, 0.4) is 0 Å². The van der Waals surface area contributed by atoms with Crippen molar-refractivity contribution < 1.29 is 4.79 Å². The third kappa shape index (κ3) is 3.08. The van der Waals surface area contributed by atoms with Gasteiger partial charge in [-0.15, -0.1) is 11.3 Å². The van der Waals surface area contributed by atoms with E-state index in [1.165, 1.54) is 22.3 Å². The van der Waals surface area contributed by atoms with Crippen molar-refractivity contribution in [2.24, 2.45) is 5.92 Å². The first-order chi connectivity index (χ1) is 12.6. The van der Waals surface area contributed by atoms with Gasteiger partial charge in [0.1, 0.15) is 11.2 Å². The molecule has 2 aromatic heterocycles. The van der Waals surface area contributed by atoms with E-state index < -0.39 is 0 Å². The number of aromatic nitrogens is 2. The van der Waals surface area contributed by atoms with E-state index in [4.69, 9.17) is 0 Å². The molecule has 0 spiro atoms. The molecule has 1 atom stereocenters. The van der Waals surface area contributed by atoms with Crippen molar-refractivity contribution >= 4 is 27.5 Å². The van der Waals surface area contributed by atoms with E-state index in [0.717, 1.165) is 28.8 Å². The highest BCUT2D eigenvalue weighted by Crippen LogP contribution is 2.35. The van der Waals surface area contributed by atoms with Gasteiger partial charge in [0, 0.05) is 16.9 Å². The molecule has 1 unspecified atom stereocenters. The number of benzene rings is 1. The summed E-state index contributed by atoms with van der Waals surface area (Å²) in [5.41, 5.74) is 4.32. The minimum atomic E-state index is -0.242. The quantitative estimate of drug-likeness (QED) is 0.714. The lowest BCUT2D eigenvalue weighted by molar-refractivity contribution is -0.117. The summed E-state index contributed by atoms with van der Waals surface area (Å²) in [4.78, 5) is 31.4. The van der Waals surface area contributed by atoms with Crippen LogP contribution in [0, 0.1) is 12.8 Å². The second-order valence-corrected chi connectivity index (χ2v) is 7.71. The summed E-state index contributed by atoms with van der Waals surface area (Å²) in [6, 6.07) is 9.81. The fourth-order valence-corrected chi connectivity index (χ4v) is 4.42. The molecule has 4 rings (SSSR count). The van der Waals surface area contributed by atoms with Gasteiger partial charge in [0.05, 0.1) is 5.39 Å². The summed E-state index contributed by atoms with van der Waals surface area (Å²) in [7, 11) is 0. The van der Waals surface area contributed by atoms with Crippen LogP contribution in [-0.2, 0) is 4.79 Å². The zero-order chi connectivity index (χ0) is 18.1. The third-order valence-electron chi connectivity index (χ3n) is 4.66. The van der Waals surface area contributed by atoms with Crippen LogP contribution in [0.1, 0.15) is 24.1 Å². The van der Waals surface area contributed by atoms with Crippen molar-refractivity contribution in [3.63, 3.8) is 0 Å². The molecule has 1 aromatic carbocycles. The van der Waals surface area contributed by atoms with Crippen LogP contribution in [-0.4, -0.2) is 15.6 Å². The highest BCUT2D eigenvalue weighted by Gasteiger charge is 2.18. The summed E-state index contributed by atoms with van der Waals surface area (Å²) in [5.74, 6) is 0.0867. The van der Waals surface area contributed by atoms with Gasteiger partial charge in [0.2, 0.25) is 5.91 Å². The average Bonchev–Trinajstić information content (AvgIpc) is 3.25. The Morgan fingerprint density at radius 3 is 2.88 bits per heavy atom. The van der Waals surface area contributed by atoms with Crippen LogP contribution >= 0.6 is 11.3 Å². The molecule has 1 N–H and O–H groups in total. The zero-order valence-electron chi connectivity index (χ0n) is 14.4. The highest BCUT2D eigenvalue weighted by molar-refractivity contribution is 7.19. The molecule has 2 heterocycles. The Labute approximate surface area is 155 Å². The second kappa shape index (κ2) is 6.88. The maximum absolute atomic E-state index is 13.0. The van der Waals surface area contributed by atoms with Gasteiger partial charge in [0.25, 0.3) is 5.56 Å². The number of hydrogen-bond acceptors (Lipinski definition) is 4. The molecular formula is C20H19N3O2S. The SMILES string of the molecule is Cc1sc2ncn(NC(=O)CC3C=CCC3)c(=O)c2c1-c1ccccc1. The molecule has 26 heavy (non-hydrogen) atoms. The Morgan fingerprint density at radius 2 is 2.15 bits per heavy atom. The topological polar surface area (TPSA) is 64.0 Å². The molecule has 1 aliphatic rings. The van der Waals surface area contributed by atoms with E-state index >= 15 is 0 Å². The van der Waals surface area contributed by atoms with Gasteiger partial charge in [-0.2, -0.15) is 0 Å². The van der Waals surface area contributed by atoms with Gasteiger partial charge in [-0.1, -0.05) is 42.5 Å². The van der Waals surface area contributed by atoms with E-state index in [-0.39, 0.29) is 17.4 Å². The lowest BCUT2D eigenvalue weighted by atomic mass is 10.0. The number of carbonyl (C=O) groups is 1. The smallest absolute Gasteiger partial charge is 0.273 e. The van der Waals surface area contributed by atoms with E-state index in [2.05, 4.69) is 22.6 Å². The number of amides is 1. The number of nitrogens with zero attached hydrogens (tertiary/aromatic N) is 2. The summed E-state index contributed by atoms with van der Waals surface area (Å²) in [6.07, 6.45) is 7.95. The first-order valence-corrected chi connectivity index (χ1v) is 9.48. The monoisotopic (exact) mass is 365 g/mol. The van der Waals surface area contributed by atoms with Crippen molar-refractivity contribution in [2.75, 3.05) is 5.43 Å². The minimum Gasteiger partial charge on any atom is -0.273 e. The van der Waals surface area contributed by atoms with Crippen LogP contribution in [0.25, 0.3) is 21.3 Å². The Morgan fingerprint density at radius 1 is 1.35 bits per heavy atom. The van der Waals surface area contributed by atoms with Crippen LogP contribution in [0.2, 0.25) is 0 Å².